The van der Waals surface area contributed by atoms with Crippen LogP contribution in [0.25, 0.3) is 0 Å². The van der Waals surface area contributed by atoms with Crippen LogP contribution in [0.15, 0.2) is 14.5 Å². The molecule has 1 aromatic heterocycles. The Labute approximate surface area is 110 Å². The second-order valence-electron chi connectivity index (χ2n) is 3.37. The molecule has 0 aromatic carbocycles. The molecule has 0 aliphatic carbocycles. The summed E-state index contributed by atoms with van der Waals surface area (Å²) in [5, 5.41) is 5.22. The fourth-order valence-corrected chi connectivity index (χ4v) is 5.02. The van der Waals surface area contributed by atoms with Crippen LogP contribution in [0.1, 0.15) is 37.6 Å². The van der Waals surface area contributed by atoms with E-state index in [0.29, 0.717) is 12.0 Å². The monoisotopic (exact) mass is 293 g/mol. The largest absolute Gasteiger partial charge is 0.294 e. The lowest BCUT2D eigenvalue weighted by atomic mass is 10.1. The molecule has 0 bridgehead atoms. The molecule has 2 N–H and O–H groups in total. The summed E-state index contributed by atoms with van der Waals surface area (Å²) in [7, 11) is -3.68. The van der Waals surface area contributed by atoms with Gasteiger partial charge in [-0.05, 0) is 6.07 Å². The number of fused-ring (bicyclic) bond motifs is 1. The van der Waals surface area contributed by atoms with E-state index >= 15 is 0 Å². The molecule has 7 heteroatoms. The van der Waals surface area contributed by atoms with Gasteiger partial charge in [0.05, 0.1) is 4.21 Å². The molecule has 2 heterocycles. The van der Waals surface area contributed by atoms with Gasteiger partial charge in [-0.3, -0.25) is 4.79 Å². The lowest BCUT2D eigenvalue weighted by Crippen LogP contribution is -2.12. The maximum absolute atomic E-state index is 11.6. The van der Waals surface area contributed by atoms with Crippen LogP contribution in [0.2, 0.25) is 0 Å². The molecule has 4 nitrogen and oxygen atoms in total. The molecule has 17 heavy (non-hydrogen) atoms. The third-order valence-electron chi connectivity index (χ3n) is 2.04. The highest BCUT2D eigenvalue weighted by Crippen LogP contribution is 2.41. The quantitative estimate of drug-likeness (QED) is 0.863. The van der Waals surface area contributed by atoms with E-state index in [0.717, 1.165) is 15.5 Å². The summed E-state index contributed by atoms with van der Waals surface area (Å²) < 4.78 is 23.1. The van der Waals surface area contributed by atoms with E-state index in [-0.39, 0.29) is 15.2 Å². The minimum absolute atomic E-state index is 0.00222. The second kappa shape index (κ2) is 5.51. The molecule has 1 aromatic rings. The van der Waals surface area contributed by atoms with Crippen LogP contribution in [0.4, 0.5) is 0 Å². The van der Waals surface area contributed by atoms with Crippen LogP contribution in [-0.4, -0.2) is 19.5 Å². The summed E-state index contributed by atoms with van der Waals surface area (Å²) in [5.41, 5.74) is 0.507. The molecule has 0 radical (unpaired) electrons. The minimum Gasteiger partial charge on any atom is -0.294 e. The fraction of sp³-hybridized carbons (Fsp3) is 0.500. The Balaban J connectivity index is 0.000000686. The van der Waals surface area contributed by atoms with E-state index in [2.05, 4.69) is 0 Å². The molecule has 0 saturated heterocycles. The first-order chi connectivity index (χ1) is 7.88. The Morgan fingerprint density at radius 3 is 2.53 bits per heavy atom. The molecular formula is C10H15NO3S3. The zero-order chi connectivity index (χ0) is 13.2. The standard InChI is InChI=1S/C8H9NO3S3.C2H6/c1-4-2-6(10)5-3-7(15(9,11)12)14-8(5)13-4;1-2/h3-4H,2H2,1H3,(H2,9,11,12);1-2H3. The van der Waals surface area contributed by atoms with Gasteiger partial charge in [0, 0.05) is 17.2 Å². The smallest absolute Gasteiger partial charge is 0.247 e. The van der Waals surface area contributed by atoms with Crippen molar-refractivity contribution in [2.24, 2.45) is 5.14 Å². The lowest BCUT2D eigenvalue weighted by Gasteiger charge is -2.15. The van der Waals surface area contributed by atoms with Crippen molar-refractivity contribution in [2.75, 3.05) is 0 Å². The maximum atomic E-state index is 11.6. The molecule has 0 spiro atoms. The summed E-state index contributed by atoms with van der Waals surface area (Å²) in [6.45, 7) is 5.95. The number of hydrogen-bond donors (Lipinski definition) is 1. The van der Waals surface area contributed by atoms with Crippen molar-refractivity contribution in [3.63, 3.8) is 0 Å². The van der Waals surface area contributed by atoms with Crippen molar-refractivity contribution >= 4 is 38.9 Å². The van der Waals surface area contributed by atoms with Crippen molar-refractivity contribution in [1.29, 1.82) is 0 Å². The second-order valence-corrected chi connectivity index (χ2v) is 7.91. The van der Waals surface area contributed by atoms with Crippen LogP contribution in [0.5, 0.6) is 0 Å². The number of Topliss-reactive ketones (excluding diaryl/α,β-unsaturated/α-hetero) is 1. The average Bonchev–Trinajstić information content (AvgIpc) is 2.64. The van der Waals surface area contributed by atoms with Crippen molar-refractivity contribution in [2.45, 2.75) is 40.9 Å². The molecule has 2 rings (SSSR count). The van der Waals surface area contributed by atoms with Crippen LogP contribution in [0, 0.1) is 0 Å². The van der Waals surface area contributed by atoms with Gasteiger partial charge in [-0.1, -0.05) is 20.8 Å². The summed E-state index contributed by atoms with van der Waals surface area (Å²) in [5.74, 6) is 0.00222. The number of carbonyl (C=O) groups is 1. The summed E-state index contributed by atoms with van der Waals surface area (Å²) >= 11 is 2.61. The topological polar surface area (TPSA) is 77.2 Å². The first-order valence-electron chi connectivity index (χ1n) is 5.24. The Bertz CT molecular complexity index is 519. The number of rotatable bonds is 1. The van der Waals surface area contributed by atoms with E-state index < -0.39 is 10.0 Å². The van der Waals surface area contributed by atoms with E-state index in [1.165, 1.54) is 17.8 Å². The van der Waals surface area contributed by atoms with E-state index in [1.54, 1.807) is 0 Å². The molecule has 0 saturated carbocycles. The zero-order valence-corrected chi connectivity index (χ0v) is 12.3. The van der Waals surface area contributed by atoms with Crippen molar-refractivity contribution in [1.82, 2.24) is 0 Å². The summed E-state index contributed by atoms with van der Waals surface area (Å²) in [6, 6.07) is 1.39. The third kappa shape index (κ3) is 3.31. The first kappa shape index (κ1) is 14.7. The van der Waals surface area contributed by atoms with Gasteiger partial charge in [-0.15, -0.1) is 23.1 Å². The lowest BCUT2D eigenvalue weighted by molar-refractivity contribution is 0.0979. The molecule has 1 aliphatic heterocycles. The molecule has 0 fully saturated rings. The van der Waals surface area contributed by atoms with Crippen LogP contribution >= 0.6 is 23.1 Å². The normalized spacial score (nSPS) is 19.3. The average molecular weight is 293 g/mol. The van der Waals surface area contributed by atoms with Gasteiger partial charge in [0.1, 0.15) is 4.21 Å². The molecule has 96 valence electrons. The van der Waals surface area contributed by atoms with Crippen molar-refractivity contribution in [3.05, 3.63) is 11.6 Å². The number of sulfonamides is 1. The molecular weight excluding hydrogens is 278 g/mol. The fourth-order valence-electron chi connectivity index (χ4n) is 1.37. The number of hydrogen-bond acceptors (Lipinski definition) is 5. The van der Waals surface area contributed by atoms with E-state index in [1.807, 2.05) is 20.8 Å². The van der Waals surface area contributed by atoms with E-state index in [4.69, 9.17) is 5.14 Å². The number of thiophene rings is 1. The predicted octanol–water partition coefficient (Wildman–Crippen LogP) is 2.49. The Kier molecular flexibility index (Phi) is 4.77. The highest BCUT2D eigenvalue weighted by atomic mass is 32.3. The number of carbonyl (C=O) groups excluding carboxylic acids is 1. The Morgan fingerprint density at radius 1 is 1.41 bits per heavy atom. The third-order valence-corrected chi connectivity index (χ3v) is 5.93. The van der Waals surface area contributed by atoms with Crippen LogP contribution in [-0.2, 0) is 10.0 Å². The number of nitrogens with two attached hydrogens (primary N) is 1. The minimum atomic E-state index is -3.68. The number of primary sulfonamides is 1. The van der Waals surface area contributed by atoms with Crippen molar-refractivity contribution in [3.8, 4) is 0 Å². The first-order valence-corrected chi connectivity index (χ1v) is 8.48. The molecule has 1 aliphatic rings. The van der Waals surface area contributed by atoms with Crippen molar-refractivity contribution < 1.29 is 13.2 Å². The van der Waals surface area contributed by atoms with Gasteiger partial charge in [0.2, 0.25) is 10.0 Å². The highest BCUT2D eigenvalue weighted by Gasteiger charge is 2.27. The zero-order valence-electron chi connectivity index (χ0n) is 9.89. The number of ketones is 1. The van der Waals surface area contributed by atoms with Gasteiger partial charge in [0.25, 0.3) is 0 Å². The molecule has 1 unspecified atom stereocenters. The highest BCUT2D eigenvalue weighted by molar-refractivity contribution is 8.02. The van der Waals surface area contributed by atoms with Gasteiger partial charge >= 0.3 is 0 Å². The van der Waals surface area contributed by atoms with Gasteiger partial charge in [0.15, 0.2) is 5.78 Å². The summed E-state index contributed by atoms with van der Waals surface area (Å²) in [6.07, 6.45) is 0.457. The predicted molar refractivity (Wildman–Crippen MR) is 71.3 cm³/mol. The van der Waals surface area contributed by atoms with Gasteiger partial charge < -0.3 is 0 Å². The number of thioether (sulfide) groups is 1. The maximum Gasteiger partial charge on any atom is 0.247 e. The Morgan fingerprint density at radius 2 is 2.00 bits per heavy atom. The Hall–Kier alpha value is -0.370. The molecule has 1 atom stereocenters. The van der Waals surface area contributed by atoms with Gasteiger partial charge in [-0.25, -0.2) is 13.6 Å². The summed E-state index contributed by atoms with van der Waals surface area (Å²) in [4.78, 5) is 11.6. The molecule has 0 amide bonds. The van der Waals surface area contributed by atoms with Crippen LogP contribution in [0.3, 0.4) is 0 Å². The SMILES string of the molecule is CC.CC1CC(=O)c2cc(S(N)(=O)=O)sc2S1. The van der Waals surface area contributed by atoms with E-state index in [9.17, 15) is 13.2 Å². The van der Waals surface area contributed by atoms with Gasteiger partial charge in [-0.2, -0.15) is 0 Å². The van der Waals surface area contributed by atoms with Crippen LogP contribution < -0.4 is 5.14 Å².